The zero-order valence-corrected chi connectivity index (χ0v) is 13.5. The van der Waals surface area contributed by atoms with Crippen LogP contribution in [0.3, 0.4) is 0 Å². The number of rotatable bonds is 4. The van der Waals surface area contributed by atoms with Crippen molar-refractivity contribution >= 4 is 17.6 Å². The van der Waals surface area contributed by atoms with Gasteiger partial charge in [0.15, 0.2) is 0 Å². The third-order valence-electron chi connectivity index (χ3n) is 5.49. The summed E-state index contributed by atoms with van der Waals surface area (Å²) in [4.78, 5) is 36.7. The van der Waals surface area contributed by atoms with Gasteiger partial charge in [-0.3, -0.25) is 19.7 Å². The molecule has 0 unspecified atom stereocenters. The molecule has 1 aliphatic heterocycles. The summed E-state index contributed by atoms with van der Waals surface area (Å²) in [6.07, 6.45) is 2.78. The Balaban J connectivity index is 1.87. The molecule has 1 aromatic rings. The Morgan fingerprint density at radius 3 is 2.79 bits per heavy atom. The molecule has 1 aromatic carbocycles. The van der Waals surface area contributed by atoms with E-state index in [9.17, 15) is 24.8 Å². The standard InChI is InChI=1S/C17H20N2O5/c1-2-11-5-6-12(8-14(11)19(23)24)15(20)18-9-13-4-3-7-17(13,10-18)16(21)22/h5-6,8,13H,2-4,7,9-10H2,1H3,(H,21,22)/t13-,17+/m0/s1. The largest absolute Gasteiger partial charge is 0.481 e. The van der Waals surface area contributed by atoms with E-state index in [4.69, 9.17) is 0 Å². The zero-order chi connectivity index (χ0) is 17.5. The average molecular weight is 332 g/mol. The van der Waals surface area contributed by atoms with Crippen LogP contribution in [0.5, 0.6) is 0 Å². The normalized spacial score (nSPS) is 25.5. The Kier molecular flexibility index (Phi) is 4.03. The molecular formula is C17H20N2O5. The number of nitro groups is 1. The molecular weight excluding hydrogens is 312 g/mol. The van der Waals surface area contributed by atoms with Crippen LogP contribution in [0, 0.1) is 21.4 Å². The molecule has 3 rings (SSSR count). The van der Waals surface area contributed by atoms with Crippen molar-refractivity contribution in [3.05, 3.63) is 39.4 Å². The molecule has 0 radical (unpaired) electrons. The van der Waals surface area contributed by atoms with Gasteiger partial charge >= 0.3 is 5.97 Å². The van der Waals surface area contributed by atoms with Gasteiger partial charge in [-0.15, -0.1) is 0 Å². The molecule has 0 bridgehead atoms. The summed E-state index contributed by atoms with van der Waals surface area (Å²) in [5, 5.41) is 20.8. The summed E-state index contributed by atoms with van der Waals surface area (Å²) >= 11 is 0. The minimum atomic E-state index is -0.842. The minimum Gasteiger partial charge on any atom is -0.481 e. The minimum absolute atomic E-state index is 0.0242. The van der Waals surface area contributed by atoms with Crippen LogP contribution in [0.2, 0.25) is 0 Å². The number of benzene rings is 1. The van der Waals surface area contributed by atoms with Gasteiger partial charge < -0.3 is 10.0 Å². The molecule has 128 valence electrons. The van der Waals surface area contributed by atoms with Crippen molar-refractivity contribution in [2.45, 2.75) is 32.6 Å². The van der Waals surface area contributed by atoms with Crippen LogP contribution in [0.25, 0.3) is 0 Å². The van der Waals surface area contributed by atoms with Gasteiger partial charge in [0, 0.05) is 30.3 Å². The first-order chi connectivity index (χ1) is 11.4. The number of fused-ring (bicyclic) bond motifs is 1. The summed E-state index contributed by atoms with van der Waals surface area (Å²) < 4.78 is 0. The molecule has 7 nitrogen and oxygen atoms in total. The fourth-order valence-electron chi connectivity index (χ4n) is 4.14. The number of hydrogen-bond acceptors (Lipinski definition) is 4. The number of carboxylic acid groups (broad SMARTS) is 1. The van der Waals surface area contributed by atoms with Crippen LogP contribution in [-0.2, 0) is 11.2 Å². The van der Waals surface area contributed by atoms with Crippen LogP contribution in [-0.4, -0.2) is 39.9 Å². The second kappa shape index (κ2) is 5.89. The predicted octanol–water partition coefficient (Wildman–Crippen LogP) is 2.48. The molecule has 1 saturated carbocycles. The Bertz CT molecular complexity index is 717. The Hall–Kier alpha value is -2.44. The van der Waals surface area contributed by atoms with Crippen LogP contribution in [0.15, 0.2) is 18.2 Å². The van der Waals surface area contributed by atoms with E-state index in [1.54, 1.807) is 17.0 Å². The molecule has 7 heteroatoms. The van der Waals surface area contributed by atoms with Crippen molar-refractivity contribution in [1.29, 1.82) is 0 Å². The highest BCUT2D eigenvalue weighted by molar-refractivity contribution is 5.96. The van der Waals surface area contributed by atoms with E-state index >= 15 is 0 Å². The van der Waals surface area contributed by atoms with Crippen molar-refractivity contribution in [3.63, 3.8) is 0 Å². The number of aliphatic carboxylic acids is 1. The van der Waals surface area contributed by atoms with E-state index in [1.807, 2.05) is 6.92 Å². The Morgan fingerprint density at radius 1 is 1.46 bits per heavy atom. The monoisotopic (exact) mass is 332 g/mol. The third-order valence-corrected chi connectivity index (χ3v) is 5.49. The van der Waals surface area contributed by atoms with Crippen LogP contribution < -0.4 is 0 Å². The molecule has 2 aliphatic rings. The first kappa shape index (κ1) is 16.4. The van der Waals surface area contributed by atoms with Gasteiger partial charge in [0.1, 0.15) is 0 Å². The first-order valence-electron chi connectivity index (χ1n) is 8.19. The molecule has 2 atom stereocenters. The van der Waals surface area contributed by atoms with Gasteiger partial charge in [0.05, 0.1) is 10.3 Å². The van der Waals surface area contributed by atoms with Gasteiger partial charge in [-0.05, 0) is 31.2 Å². The smallest absolute Gasteiger partial charge is 0.311 e. The number of carbonyl (C=O) groups excluding carboxylic acids is 1. The van der Waals surface area contributed by atoms with Crippen molar-refractivity contribution in [2.75, 3.05) is 13.1 Å². The number of hydrogen-bond donors (Lipinski definition) is 1. The highest BCUT2D eigenvalue weighted by Gasteiger charge is 2.55. The Morgan fingerprint density at radius 2 is 2.21 bits per heavy atom. The van der Waals surface area contributed by atoms with Crippen molar-refractivity contribution in [1.82, 2.24) is 4.90 Å². The predicted molar refractivity (Wildman–Crippen MR) is 85.8 cm³/mol. The van der Waals surface area contributed by atoms with Crippen molar-refractivity contribution in [3.8, 4) is 0 Å². The molecule has 1 amide bonds. The van der Waals surface area contributed by atoms with E-state index in [-0.39, 0.29) is 29.6 Å². The second-order valence-corrected chi connectivity index (χ2v) is 6.69. The lowest BCUT2D eigenvalue weighted by Gasteiger charge is -2.23. The van der Waals surface area contributed by atoms with Crippen molar-refractivity contribution in [2.24, 2.45) is 11.3 Å². The summed E-state index contributed by atoms with van der Waals surface area (Å²) in [6, 6.07) is 4.51. The molecule has 24 heavy (non-hydrogen) atoms. The fourth-order valence-corrected chi connectivity index (χ4v) is 4.14. The molecule has 1 saturated heterocycles. The number of aryl methyl sites for hydroxylation is 1. The number of amides is 1. The highest BCUT2D eigenvalue weighted by Crippen LogP contribution is 2.49. The van der Waals surface area contributed by atoms with Crippen LogP contribution >= 0.6 is 0 Å². The maximum Gasteiger partial charge on any atom is 0.311 e. The molecule has 1 aliphatic carbocycles. The molecule has 1 heterocycles. The summed E-state index contributed by atoms with van der Waals surface area (Å²) in [6.45, 7) is 2.42. The fraction of sp³-hybridized carbons (Fsp3) is 0.529. The summed E-state index contributed by atoms with van der Waals surface area (Å²) in [5.41, 5.74) is -0.0720. The molecule has 0 aromatic heterocycles. The van der Waals surface area contributed by atoms with E-state index < -0.39 is 16.3 Å². The van der Waals surface area contributed by atoms with E-state index in [0.717, 1.165) is 12.8 Å². The second-order valence-electron chi connectivity index (χ2n) is 6.69. The van der Waals surface area contributed by atoms with E-state index in [0.29, 0.717) is 24.9 Å². The zero-order valence-electron chi connectivity index (χ0n) is 13.5. The highest BCUT2D eigenvalue weighted by atomic mass is 16.6. The number of carbonyl (C=O) groups is 2. The number of carboxylic acids is 1. The average Bonchev–Trinajstić information content (AvgIpc) is 3.11. The molecule has 0 spiro atoms. The topological polar surface area (TPSA) is 101 Å². The quantitative estimate of drug-likeness (QED) is 0.674. The van der Waals surface area contributed by atoms with E-state index in [1.165, 1.54) is 6.07 Å². The summed E-state index contributed by atoms with van der Waals surface area (Å²) in [7, 11) is 0. The number of nitrogens with zero attached hydrogens (tertiary/aromatic N) is 2. The molecule has 2 fully saturated rings. The third kappa shape index (κ3) is 2.44. The van der Waals surface area contributed by atoms with Gasteiger partial charge in [-0.2, -0.15) is 0 Å². The van der Waals surface area contributed by atoms with Crippen LogP contribution in [0.4, 0.5) is 5.69 Å². The number of likely N-dealkylation sites (tertiary alicyclic amines) is 1. The lowest BCUT2D eigenvalue weighted by molar-refractivity contribution is -0.385. The maximum absolute atomic E-state index is 12.7. The van der Waals surface area contributed by atoms with Crippen LogP contribution in [0.1, 0.15) is 42.1 Å². The lowest BCUT2D eigenvalue weighted by Crippen LogP contribution is -2.37. The molecule has 1 N–H and O–H groups in total. The first-order valence-corrected chi connectivity index (χ1v) is 8.19. The van der Waals surface area contributed by atoms with E-state index in [2.05, 4.69) is 0 Å². The summed E-state index contributed by atoms with van der Waals surface area (Å²) in [5.74, 6) is -1.19. The van der Waals surface area contributed by atoms with Gasteiger partial charge in [0.25, 0.3) is 11.6 Å². The van der Waals surface area contributed by atoms with Crippen molar-refractivity contribution < 1.29 is 19.6 Å². The Labute approximate surface area is 139 Å². The van der Waals surface area contributed by atoms with Gasteiger partial charge in [-0.1, -0.05) is 19.4 Å². The lowest BCUT2D eigenvalue weighted by atomic mass is 9.81. The maximum atomic E-state index is 12.7. The van der Waals surface area contributed by atoms with Gasteiger partial charge in [0.2, 0.25) is 0 Å². The SMILES string of the molecule is CCc1ccc(C(=O)N2C[C@@H]3CCC[C@@]3(C(=O)O)C2)cc1[N+](=O)[O-]. The van der Waals surface area contributed by atoms with Gasteiger partial charge in [-0.25, -0.2) is 0 Å². The number of nitro benzene ring substituents is 1.